The van der Waals surface area contributed by atoms with E-state index in [9.17, 15) is 14.7 Å². The second-order valence-electron chi connectivity index (χ2n) is 13.7. The number of fused-ring (bicyclic) bond motifs is 2. The van der Waals surface area contributed by atoms with Crippen LogP contribution >= 0.6 is 23.2 Å². The SMILES string of the molecule is COc1nc(-c2cccc(-c3cccc(Nc4nccc5cnn(C)c(=O)c45)c3Cl)c2Cl)cc2c1[C@H](N1CC[C@@]3(CCN(CCO)C(=O)N3)C1)CC2. The second kappa shape index (κ2) is 13.7. The zero-order chi connectivity index (χ0) is 36.1. The van der Waals surface area contributed by atoms with Crippen LogP contribution in [0.15, 0.2) is 65.7 Å². The zero-order valence-corrected chi connectivity index (χ0v) is 30.3. The summed E-state index contributed by atoms with van der Waals surface area (Å²) < 4.78 is 7.23. The van der Waals surface area contributed by atoms with Gasteiger partial charge in [-0.15, -0.1) is 0 Å². The van der Waals surface area contributed by atoms with Crippen molar-refractivity contribution in [1.82, 2.24) is 34.9 Å². The van der Waals surface area contributed by atoms with Gasteiger partial charge in [-0.2, -0.15) is 5.10 Å². The maximum absolute atomic E-state index is 13.0. The molecule has 2 fully saturated rings. The Morgan fingerprint density at radius 3 is 2.62 bits per heavy atom. The van der Waals surface area contributed by atoms with E-state index in [4.69, 9.17) is 32.9 Å². The van der Waals surface area contributed by atoms with Gasteiger partial charge >= 0.3 is 6.03 Å². The number of hydrogen-bond acceptors (Lipinski definition) is 9. The summed E-state index contributed by atoms with van der Waals surface area (Å²) in [5.74, 6) is 0.955. The van der Waals surface area contributed by atoms with E-state index in [2.05, 4.69) is 31.7 Å². The average Bonchev–Trinajstić information content (AvgIpc) is 3.76. The number of carbonyl (C=O) groups is 1. The van der Waals surface area contributed by atoms with Crippen molar-refractivity contribution in [1.29, 1.82) is 0 Å². The second-order valence-corrected chi connectivity index (χ2v) is 14.4. The Bertz CT molecular complexity index is 2280. The van der Waals surface area contributed by atoms with Crippen molar-refractivity contribution >= 4 is 51.5 Å². The van der Waals surface area contributed by atoms with Crippen LogP contribution in [0, 0.1) is 0 Å². The Labute approximate surface area is 310 Å². The van der Waals surface area contributed by atoms with Crippen LogP contribution < -0.4 is 20.9 Å². The molecule has 268 valence electrons. The fourth-order valence-electron chi connectivity index (χ4n) is 8.04. The van der Waals surface area contributed by atoms with Crippen LogP contribution in [-0.4, -0.2) is 86.1 Å². The summed E-state index contributed by atoms with van der Waals surface area (Å²) in [5, 5.41) is 22.0. The van der Waals surface area contributed by atoms with Crippen LogP contribution in [0.2, 0.25) is 10.0 Å². The van der Waals surface area contributed by atoms with Gasteiger partial charge in [-0.25, -0.2) is 19.4 Å². The van der Waals surface area contributed by atoms with Crippen LogP contribution in [-0.2, 0) is 13.5 Å². The highest BCUT2D eigenvalue weighted by Gasteiger charge is 2.46. The van der Waals surface area contributed by atoms with Crippen molar-refractivity contribution in [2.24, 2.45) is 7.05 Å². The molecule has 2 atom stereocenters. The van der Waals surface area contributed by atoms with E-state index in [-0.39, 0.29) is 29.8 Å². The predicted octanol–water partition coefficient (Wildman–Crippen LogP) is 5.96. The molecule has 0 saturated carbocycles. The number of aromatic nitrogens is 4. The zero-order valence-electron chi connectivity index (χ0n) is 28.8. The Balaban J connectivity index is 1.08. The lowest BCUT2D eigenvalue weighted by molar-refractivity contribution is 0.127. The number of likely N-dealkylation sites (tertiary alicyclic amines) is 1. The number of anilines is 2. The molecule has 2 saturated heterocycles. The van der Waals surface area contributed by atoms with Crippen LogP contribution in [0.3, 0.4) is 0 Å². The van der Waals surface area contributed by atoms with E-state index >= 15 is 0 Å². The van der Waals surface area contributed by atoms with E-state index < -0.39 is 0 Å². The van der Waals surface area contributed by atoms with Gasteiger partial charge in [0.25, 0.3) is 5.56 Å². The lowest BCUT2D eigenvalue weighted by Gasteiger charge is -2.40. The molecule has 2 aliphatic heterocycles. The molecule has 5 aromatic rings. The normalized spacial score (nSPS) is 20.1. The first kappa shape index (κ1) is 34.3. The first-order valence-electron chi connectivity index (χ1n) is 17.4. The molecule has 1 spiro atoms. The quantitative estimate of drug-likeness (QED) is 0.176. The number of nitrogens with zero attached hydrogens (tertiary/aromatic N) is 6. The van der Waals surface area contributed by atoms with Crippen molar-refractivity contribution in [3.63, 3.8) is 0 Å². The number of rotatable bonds is 8. The average molecular weight is 742 g/mol. The van der Waals surface area contributed by atoms with Crippen LogP contribution in [0.1, 0.15) is 36.4 Å². The van der Waals surface area contributed by atoms with E-state index in [0.29, 0.717) is 62.5 Å². The largest absolute Gasteiger partial charge is 0.481 e. The summed E-state index contributed by atoms with van der Waals surface area (Å²) in [6.07, 6.45) is 6.76. The minimum atomic E-state index is -0.270. The van der Waals surface area contributed by atoms with Gasteiger partial charge in [0, 0.05) is 73.1 Å². The minimum absolute atomic E-state index is 0.0405. The van der Waals surface area contributed by atoms with Gasteiger partial charge in [-0.1, -0.05) is 53.5 Å². The molecule has 3 aromatic heterocycles. The first-order chi connectivity index (χ1) is 25.2. The van der Waals surface area contributed by atoms with Crippen LogP contribution in [0.5, 0.6) is 5.88 Å². The molecule has 1 aliphatic carbocycles. The molecule has 52 heavy (non-hydrogen) atoms. The maximum Gasteiger partial charge on any atom is 0.317 e. The molecule has 2 amide bonds. The summed E-state index contributed by atoms with van der Waals surface area (Å²) in [6, 6.07) is 15.3. The summed E-state index contributed by atoms with van der Waals surface area (Å²) in [7, 11) is 3.25. The minimum Gasteiger partial charge on any atom is -0.481 e. The van der Waals surface area contributed by atoms with Gasteiger partial charge in [0.2, 0.25) is 5.88 Å². The summed E-state index contributed by atoms with van der Waals surface area (Å²) >= 11 is 14.2. The molecule has 12 nitrogen and oxygen atoms in total. The van der Waals surface area contributed by atoms with Crippen molar-refractivity contribution in [2.75, 3.05) is 45.2 Å². The number of pyridine rings is 2. The molecule has 14 heteroatoms. The summed E-state index contributed by atoms with van der Waals surface area (Å²) in [6.45, 7) is 2.57. The molecule has 3 N–H and O–H groups in total. The van der Waals surface area contributed by atoms with Gasteiger partial charge in [-0.3, -0.25) is 9.69 Å². The number of ether oxygens (including phenoxy) is 1. The number of hydrogen-bond donors (Lipinski definition) is 3. The molecule has 0 radical (unpaired) electrons. The van der Waals surface area contributed by atoms with Gasteiger partial charge in [0.15, 0.2) is 0 Å². The fraction of sp³-hybridized carbons (Fsp3) is 0.342. The van der Waals surface area contributed by atoms with Crippen molar-refractivity contribution < 1.29 is 14.6 Å². The monoisotopic (exact) mass is 740 g/mol. The predicted molar refractivity (Wildman–Crippen MR) is 202 cm³/mol. The molecule has 5 heterocycles. The van der Waals surface area contributed by atoms with E-state index in [1.54, 1.807) is 37.5 Å². The molecule has 8 rings (SSSR count). The Morgan fingerprint density at radius 1 is 1.06 bits per heavy atom. The highest BCUT2D eigenvalue weighted by Crippen LogP contribution is 2.47. The van der Waals surface area contributed by atoms with E-state index in [0.717, 1.165) is 55.5 Å². The van der Waals surface area contributed by atoms with Gasteiger partial charge in [0.1, 0.15) is 5.82 Å². The number of halogens is 2. The number of aryl methyl sites for hydroxylation is 2. The fourth-order valence-corrected chi connectivity index (χ4v) is 8.64. The highest BCUT2D eigenvalue weighted by atomic mass is 35.5. The third-order valence-corrected chi connectivity index (χ3v) is 11.5. The third kappa shape index (κ3) is 5.93. The van der Waals surface area contributed by atoms with E-state index in [1.807, 2.05) is 36.4 Å². The number of amides is 2. The van der Waals surface area contributed by atoms with E-state index in [1.165, 1.54) is 10.2 Å². The standard InChI is InChI=1S/C38H38Cl2N8O4/c1-46-36(50)31-23(20-42-46)11-14-41-34(31)43-27-8-4-6-25(33(27)40)24-5-3-7-26(32(24)39)28-19-22-9-10-29(30(22)35(44-28)52-2)48-16-13-38(21-48)12-15-47(17-18-49)37(51)45-38/h3-8,11,14,19-20,29,49H,9-10,12-13,15-18,21H2,1-2H3,(H,41,43)(H,45,51)/t29-,38+/m1/s1. The smallest absolute Gasteiger partial charge is 0.317 e. The van der Waals surface area contributed by atoms with Gasteiger partial charge in [-0.05, 0) is 49.4 Å². The number of urea groups is 1. The Morgan fingerprint density at radius 2 is 1.83 bits per heavy atom. The molecule has 0 unspecified atom stereocenters. The number of aliphatic hydroxyl groups is 1. The lowest BCUT2D eigenvalue weighted by atomic mass is 9.92. The third-order valence-electron chi connectivity index (χ3n) is 10.7. The molecular weight excluding hydrogens is 703 g/mol. The number of carbonyl (C=O) groups excluding carboxylic acids is 1. The molecule has 3 aliphatic rings. The van der Waals surface area contributed by atoms with Gasteiger partial charge < -0.3 is 25.4 Å². The van der Waals surface area contributed by atoms with Crippen LogP contribution in [0.4, 0.5) is 16.3 Å². The number of nitrogens with one attached hydrogen (secondary N) is 2. The van der Waals surface area contributed by atoms with Crippen molar-refractivity contribution in [3.05, 3.63) is 92.5 Å². The Hall–Kier alpha value is -4.75. The molecule has 0 bridgehead atoms. The first-order valence-corrected chi connectivity index (χ1v) is 18.1. The number of methoxy groups -OCH3 is 1. The van der Waals surface area contributed by atoms with Crippen LogP contribution in [0.25, 0.3) is 33.2 Å². The molecule has 2 aromatic carbocycles. The van der Waals surface area contributed by atoms with Crippen molar-refractivity contribution in [2.45, 2.75) is 37.3 Å². The molecular formula is C38H38Cl2N8O4. The Kier molecular flexibility index (Phi) is 9.02. The topological polar surface area (TPSA) is 138 Å². The number of β-amino-alcohol motifs (C(OH)–C–C–N with tert-alkyl or cyclic N) is 1. The maximum atomic E-state index is 13.0. The summed E-state index contributed by atoms with van der Waals surface area (Å²) in [4.78, 5) is 39.3. The summed E-state index contributed by atoms with van der Waals surface area (Å²) in [5.41, 5.74) is 5.19. The van der Waals surface area contributed by atoms with Crippen molar-refractivity contribution in [3.8, 4) is 28.3 Å². The number of aliphatic hydroxyl groups excluding tert-OH is 1. The number of benzene rings is 2. The lowest BCUT2D eigenvalue weighted by Crippen LogP contribution is -2.61. The highest BCUT2D eigenvalue weighted by molar-refractivity contribution is 6.39. The van der Waals surface area contributed by atoms with Gasteiger partial charge in [0.05, 0.1) is 52.3 Å².